The second kappa shape index (κ2) is 11.5. The second-order valence-electron chi connectivity index (χ2n) is 12.2. The largest absolute Gasteiger partial charge is 0.352 e. The zero-order valence-corrected chi connectivity index (χ0v) is 25.4. The van der Waals surface area contributed by atoms with Crippen LogP contribution in [0.2, 0.25) is 0 Å². The SMILES string of the molecule is CCCCCc1ccc(C(=O)[C@@H]2[C@H](C(=O)c3ccc([N+](=O)[O-])cc3)N3c4ccccc4C=C[C@H]3[C@]23C(=O)Nc2ccccc23)cc1. The van der Waals surface area contributed by atoms with Gasteiger partial charge in [0, 0.05) is 34.6 Å². The Kier molecular flexibility index (Phi) is 7.35. The predicted octanol–water partition coefficient (Wildman–Crippen LogP) is 7.18. The molecule has 1 spiro atoms. The lowest BCUT2D eigenvalue weighted by Crippen LogP contribution is -2.51. The third-order valence-electron chi connectivity index (χ3n) is 9.76. The minimum atomic E-state index is -1.42. The summed E-state index contributed by atoms with van der Waals surface area (Å²) in [6, 6.07) is 26.3. The van der Waals surface area contributed by atoms with E-state index in [0.717, 1.165) is 42.5 Å². The Balaban J connectivity index is 1.43. The standard InChI is InChI=1S/C38H33N3O5/c1-2-3-4-9-24-14-16-26(17-15-24)35(42)33-34(36(43)27-18-21-28(22-19-27)41(45)46)40-31-13-8-5-10-25(31)20-23-32(40)38(33)29-11-6-7-12-30(29)39-37(38)44/h5-8,10-23,32-34H,2-4,9H2,1H3,(H,39,44)/t32-,33-,34+,38-/m0/s1. The molecule has 0 saturated carbocycles. The van der Waals surface area contributed by atoms with Crippen LogP contribution in [0.3, 0.4) is 0 Å². The van der Waals surface area contributed by atoms with Gasteiger partial charge < -0.3 is 10.2 Å². The number of rotatable bonds is 9. The number of hydrogen-bond donors (Lipinski definition) is 1. The van der Waals surface area contributed by atoms with Crippen LogP contribution in [0.5, 0.6) is 0 Å². The van der Waals surface area contributed by atoms with E-state index in [1.807, 2.05) is 89.8 Å². The van der Waals surface area contributed by atoms with Gasteiger partial charge in [0.25, 0.3) is 5.69 Å². The number of nitro groups is 1. The summed E-state index contributed by atoms with van der Waals surface area (Å²) in [7, 11) is 0. The molecule has 1 fully saturated rings. The fourth-order valence-electron chi connectivity index (χ4n) is 7.63. The van der Waals surface area contributed by atoms with Gasteiger partial charge in [-0.25, -0.2) is 0 Å². The number of Topliss-reactive ketones (excluding diaryl/α,β-unsaturated/α-hetero) is 2. The first-order valence-electron chi connectivity index (χ1n) is 15.7. The van der Waals surface area contributed by atoms with Crippen molar-refractivity contribution in [2.45, 2.75) is 50.1 Å². The third-order valence-corrected chi connectivity index (χ3v) is 9.76. The molecule has 8 heteroatoms. The number of benzene rings is 4. The lowest BCUT2D eigenvalue weighted by molar-refractivity contribution is -0.384. The molecule has 46 heavy (non-hydrogen) atoms. The average Bonchev–Trinajstić information content (AvgIpc) is 3.56. The fourth-order valence-corrected chi connectivity index (χ4v) is 7.63. The zero-order valence-electron chi connectivity index (χ0n) is 25.4. The monoisotopic (exact) mass is 611 g/mol. The second-order valence-corrected chi connectivity index (χ2v) is 12.2. The van der Waals surface area contributed by atoms with Crippen LogP contribution in [-0.2, 0) is 16.6 Å². The van der Waals surface area contributed by atoms with Gasteiger partial charge in [-0.3, -0.25) is 24.5 Å². The molecule has 0 unspecified atom stereocenters. The van der Waals surface area contributed by atoms with Crippen molar-refractivity contribution >= 4 is 40.6 Å². The van der Waals surface area contributed by atoms with Gasteiger partial charge in [0.15, 0.2) is 11.6 Å². The highest BCUT2D eigenvalue weighted by Crippen LogP contribution is 2.58. The summed E-state index contributed by atoms with van der Waals surface area (Å²) in [5.74, 6) is -2.12. The van der Waals surface area contributed by atoms with Gasteiger partial charge in [0.05, 0.1) is 16.9 Å². The highest BCUT2D eigenvalue weighted by atomic mass is 16.6. The third kappa shape index (κ3) is 4.47. The lowest BCUT2D eigenvalue weighted by Gasteiger charge is -2.37. The molecule has 0 aromatic heterocycles. The summed E-state index contributed by atoms with van der Waals surface area (Å²) in [4.78, 5) is 57.1. The lowest BCUT2D eigenvalue weighted by atomic mass is 9.64. The van der Waals surface area contributed by atoms with Gasteiger partial charge >= 0.3 is 0 Å². The Morgan fingerprint density at radius 3 is 2.28 bits per heavy atom. The molecule has 3 aliphatic rings. The number of non-ortho nitro benzene ring substituents is 1. The number of nitro benzene ring substituents is 1. The number of anilines is 2. The number of para-hydroxylation sites is 2. The number of carbonyl (C=O) groups excluding carboxylic acids is 3. The molecule has 8 nitrogen and oxygen atoms in total. The number of nitrogens with zero attached hydrogens (tertiary/aromatic N) is 2. The molecular formula is C38H33N3O5. The van der Waals surface area contributed by atoms with E-state index in [-0.39, 0.29) is 28.7 Å². The first-order valence-corrected chi connectivity index (χ1v) is 15.7. The molecule has 3 heterocycles. The number of ketones is 2. The molecule has 7 rings (SSSR count). The number of carbonyl (C=O) groups is 3. The van der Waals surface area contributed by atoms with Gasteiger partial charge in [-0.2, -0.15) is 0 Å². The molecule has 4 aromatic rings. The average molecular weight is 612 g/mol. The Morgan fingerprint density at radius 2 is 1.54 bits per heavy atom. The Morgan fingerprint density at radius 1 is 0.870 bits per heavy atom. The first kappa shape index (κ1) is 29.3. The minimum Gasteiger partial charge on any atom is -0.352 e. The van der Waals surface area contributed by atoms with Gasteiger partial charge in [0.2, 0.25) is 5.91 Å². The molecule has 1 N–H and O–H groups in total. The fraction of sp³-hybridized carbons (Fsp3) is 0.237. The number of amides is 1. The molecule has 3 aliphatic heterocycles. The molecule has 1 amide bonds. The number of unbranched alkanes of at least 4 members (excludes halogenated alkanes) is 2. The Labute approximate surface area is 266 Å². The topological polar surface area (TPSA) is 110 Å². The highest BCUT2D eigenvalue weighted by Gasteiger charge is 2.70. The molecule has 0 aliphatic carbocycles. The summed E-state index contributed by atoms with van der Waals surface area (Å²) in [6.07, 6.45) is 8.09. The highest BCUT2D eigenvalue weighted by molar-refractivity contribution is 6.18. The van der Waals surface area contributed by atoms with Gasteiger partial charge in [-0.1, -0.05) is 92.6 Å². The number of nitrogens with one attached hydrogen (secondary N) is 1. The van der Waals surface area contributed by atoms with Crippen molar-refractivity contribution in [3.05, 3.63) is 141 Å². The number of fused-ring (bicyclic) bond motifs is 6. The van der Waals surface area contributed by atoms with E-state index in [1.165, 1.54) is 24.3 Å². The Bertz CT molecular complexity index is 1900. The zero-order chi connectivity index (χ0) is 32.0. The summed E-state index contributed by atoms with van der Waals surface area (Å²) in [5, 5.41) is 14.4. The van der Waals surface area contributed by atoms with Crippen LogP contribution in [0.1, 0.15) is 63.6 Å². The molecular weight excluding hydrogens is 578 g/mol. The normalized spacial score (nSPS) is 22.2. The summed E-state index contributed by atoms with van der Waals surface area (Å²) >= 11 is 0. The maximum absolute atomic E-state index is 15.0. The van der Waals surface area contributed by atoms with E-state index in [0.29, 0.717) is 16.8 Å². The van der Waals surface area contributed by atoms with Crippen molar-refractivity contribution in [1.29, 1.82) is 0 Å². The molecule has 0 bridgehead atoms. The van der Waals surface area contributed by atoms with Crippen molar-refractivity contribution in [2.75, 3.05) is 10.2 Å². The molecule has 4 aromatic carbocycles. The van der Waals surface area contributed by atoms with Crippen LogP contribution in [-0.4, -0.2) is 34.5 Å². The van der Waals surface area contributed by atoms with Crippen LogP contribution in [0.4, 0.5) is 17.1 Å². The van der Waals surface area contributed by atoms with E-state index in [4.69, 9.17) is 0 Å². The van der Waals surface area contributed by atoms with Crippen molar-refractivity contribution < 1.29 is 19.3 Å². The molecule has 230 valence electrons. The van der Waals surface area contributed by atoms with Gasteiger partial charge in [-0.15, -0.1) is 0 Å². The van der Waals surface area contributed by atoms with Crippen molar-refractivity contribution in [2.24, 2.45) is 5.92 Å². The Hall–Kier alpha value is -5.37. The van der Waals surface area contributed by atoms with Gasteiger partial charge in [-0.05, 0) is 53.8 Å². The van der Waals surface area contributed by atoms with Crippen LogP contribution in [0.15, 0.2) is 103 Å². The summed E-state index contributed by atoms with van der Waals surface area (Å²) < 4.78 is 0. The maximum atomic E-state index is 15.0. The van der Waals surface area contributed by atoms with E-state index in [1.54, 1.807) is 0 Å². The van der Waals surface area contributed by atoms with E-state index in [9.17, 15) is 19.7 Å². The maximum Gasteiger partial charge on any atom is 0.269 e. The summed E-state index contributed by atoms with van der Waals surface area (Å²) in [5.41, 5.74) is 3.13. The van der Waals surface area contributed by atoms with Crippen molar-refractivity contribution in [1.82, 2.24) is 0 Å². The van der Waals surface area contributed by atoms with Crippen LogP contribution < -0.4 is 10.2 Å². The van der Waals surface area contributed by atoms with Crippen LogP contribution in [0.25, 0.3) is 6.08 Å². The van der Waals surface area contributed by atoms with Crippen LogP contribution >= 0.6 is 0 Å². The van der Waals surface area contributed by atoms with Gasteiger partial charge in [0.1, 0.15) is 11.5 Å². The first-order chi connectivity index (χ1) is 22.4. The number of aryl methyl sites for hydroxylation is 1. The summed E-state index contributed by atoms with van der Waals surface area (Å²) in [6.45, 7) is 2.16. The minimum absolute atomic E-state index is 0.140. The van der Waals surface area contributed by atoms with E-state index in [2.05, 4.69) is 12.2 Å². The van der Waals surface area contributed by atoms with E-state index >= 15 is 4.79 Å². The molecule has 1 saturated heterocycles. The molecule has 4 atom stereocenters. The van der Waals surface area contributed by atoms with E-state index < -0.39 is 28.3 Å². The smallest absolute Gasteiger partial charge is 0.269 e. The predicted molar refractivity (Wildman–Crippen MR) is 177 cm³/mol. The van der Waals surface area contributed by atoms with Crippen molar-refractivity contribution in [3.8, 4) is 0 Å². The molecule has 0 radical (unpaired) electrons. The number of hydrogen-bond acceptors (Lipinski definition) is 6. The quantitative estimate of drug-likeness (QED) is 0.0929. The van der Waals surface area contributed by atoms with Crippen LogP contribution in [0, 0.1) is 16.0 Å². The van der Waals surface area contributed by atoms with Crippen molar-refractivity contribution in [3.63, 3.8) is 0 Å².